The van der Waals surface area contributed by atoms with E-state index in [1.54, 1.807) is 23.1 Å². The van der Waals surface area contributed by atoms with Gasteiger partial charge in [-0.05, 0) is 43.2 Å². The third-order valence-electron chi connectivity index (χ3n) is 4.44. The molecule has 0 unspecified atom stereocenters. The largest absolute Gasteiger partial charge is 0.338 e. The van der Waals surface area contributed by atoms with Gasteiger partial charge < -0.3 is 4.90 Å². The highest BCUT2D eigenvalue weighted by atomic mass is 32.2. The molecular formula is C21H23N3O3S. The molecule has 1 saturated heterocycles. The molecule has 1 aliphatic heterocycles. The summed E-state index contributed by atoms with van der Waals surface area (Å²) < 4.78 is 0. The smallest absolute Gasteiger partial charge is 0.269 e. The van der Waals surface area contributed by atoms with Gasteiger partial charge in [0.2, 0.25) is 11.8 Å². The van der Waals surface area contributed by atoms with Gasteiger partial charge in [-0.15, -0.1) is 11.8 Å². The minimum Gasteiger partial charge on any atom is -0.338 e. The number of rotatable bonds is 6. The Bertz CT molecular complexity index is 867. The van der Waals surface area contributed by atoms with Gasteiger partial charge in [0.15, 0.2) is 0 Å². The second-order valence-electron chi connectivity index (χ2n) is 6.72. The number of hydrogen-bond acceptors (Lipinski definition) is 4. The van der Waals surface area contributed by atoms with E-state index in [0.717, 1.165) is 29.0 Å². The summed E-state index contributed by atoms with van der Waals surface area (Å²) in [6.45, 7) is 3.26. The van der Waals surface area contributed by atoms with Crippen molar-refractivity contribution in [2.24, 2.45) is 0 Å². The van der Waals surface area contributed by atoms with Crippen LogP contribution < -0.4 is 10.9 Å². The van der Waals surface area contributed by atoms with Crippen LogP contribution in [0, 0.1) is 6.92 Å². The zero-order valence-electron chi connectivity index (χ0n) is 15.7. The highest BCUT2D eigenvalue weighted by Crippen LogP contribution is 2.18. The first-order valence-electron chi connectivity index (χ1n) is 9.16. The Morgan fingerprint density at radius 2 is 1.89 bits per heavy atom. The summed E-state index contributed by atoms with van der Waals surface area (Å²) in [5, 5.41) is 0. The van der Waals surface area contributed by atoms with Crippen molar-refractivity contribution < 1.29 is 14.4 Å². The minimum absolute atomic E-state index is 0.146. The van der Waals surface area contributed by atoms with Crippen molar-refractivity contribution in [1.82, 2.24) is 15.8 Å². The van der Waals surface area contributed by atoms with E-state index in [9.17, 15) is 14.4 Å². The van der Waals surface area contributed by atoms with Crippen molar-refractivity contribution in [2.75, 3.05) is 12.3 Å². The standard InChI is InChI=1S/C21H23N3O3S/c1-15-7-9-18(10-8-15)28-14-19(25)22-23-21(27)17-5-2-4-16(12-17)13-24-11-3-6-20(24)26/h2,4-5,7-10,12H,3,6,11,13-14H2,1H3,(H,22,25)(H,23,27). The number of hydrazine groups is 1. The molecule has 146 valence electrons. The maximum Gasteiger partial charge on any atom is 0.269 e. The predicted octanol–water partition coefficient (Wildman–Crippen LogP) is 2.67. The van der Waals surface area contributed by atoms with Crippen molar-refractivity contribution in [3.8, 4) is 0 Å². The van der Waals surface area contributed by atoms with E-state index in [1.165, 1.54) is 11.8 Å². The zero-order valence-corrected chi connectivity index (χ0v) is 16.6. The molecule has 1 aliphatic rings. The van der Waals surface area contributed by atoms with Gasteiger partial charge in [-0.1, -0.05) is 29.8 Å². The fourth-order valence-electron chi connectivity index (χ4n) is 2.92. The number of amides is 3. The van der Waals surface area contributed by atoms with Crippen LogP contribution in [0.25, 0.3) is 0 Å². The van der Waals surface area contributed by atoms with Gasteiger partial charge in [0, 0.05) is 30.0 Å². The molecule has 0 radical (unpaired) electrons. The molecule has 3 amide bonds. The minimum atomic E-state index is -0.386. The second-order valence-corrected chi connectivity index (χ2v) is 7.77. The van der Waals surface area contributed by atoms with Crippen molar-refractivity contribution in [3.63, 3.8) is 0 Å². The molecule has 6 nitrogen and oxygen atoms in total. The maximum absolute atomic E-state index is 12.3. The van der Waals surface area contributed by atoms with Gasteiger partial charge >= 0.3 is 0 Å². The SMILES string of the molecule is Cc1ccc(SCC(=O)NNC(=O)c2cccc(CN3CCCC3=O)c2)cc1. The summed E-state index contributed by atoms with van der Waals surface area (Å²) in [6, 6.07) is 15.0. The van der Waals surface area contributed by atoms with Gasteiger partial charge in [-0.2, -0.15) is 0 Å². The number of carbonyl (C=O) groups excluding carboxylic acids is 3. The van der Waals surface area contributed by atoms with Crippen LogP contribution in [-0.4, -0.2) is 34.9 Å². The zero-order chi connectivity index (χ0) is 19.9. The van der Waals surface area contributed by atoms with E-state index in [1.807, 2.05) is 37.3 Å². The second kappa shape index (κ2) is 9.41. The monoisotopic (exact) mass is 397 g/mol. The van der Waals surface area contributed by atoms with Gasteiger partial charge in [-0.25, -0.2) is 0 Å². The normalized spacial score (nSPS) is 13.5. The van der Waals surface area contributed by atoms with E-state index in [4.69, 9.17) is 0 Å². The van der Waals surface area contributed by atoms with Gasteiger partial charge in [-0.3, -0.25) is 25.2 Å². The van der Waals surface area contributed by atoms with E-state index >= 15 is 0 Å². The van der Waals surface area contributed by atoms with Crippen molar-refractivity contribution in [1.29, 1.82) is 0 Å². The molecular weight excluding hydrogens is 374 g/mol. The number of nitrogens with zero attached hydrogens (tertiary/aromatic N) is 1. The summed E-state index contributed by atoms with van der Waals surface area (Å²) in [7, 11) is 0. The topological polar surface area (TPSA) is 78.5 Å². The average Bonchev–Trinajstić information content (AvgIpc) is 3.10. The highest BCUT2D eigenvalue weighted by molar-refractivity contribution is 8.00. The highest BCUT2D eigenvalue weighted by Gasteiger charge is 2.20. The average molecular weight is 398 g/mol. The Balaban J connectivity index is 1.47. The third-order valence-corrected chi connectivity index (χ3v) is 5.45. The Morgan fingerprint density at radius 3 is 2.61 bits per heavy atom. The molecule has 3 rings (SSSR count). The van der Waals surface area contributed by atoms with Crippen LogP contribution in [0.4, 0.5) is 0 Å². The number of aryl methyl sites for hydroxylation is 1. The summed E-state index contributed by atoms with van der Waals surface area (Å²) in [4.78, 5) is 38.8. The number of carbonyl (C=O) groups is 3. The molecule has 0 atom stereocenters. The van der Waals surface area contributed by atoms with Crippen LogP contribution in [0.15, 0.2) is 53.4 Å². The quantitative estimate of drug-likeness (QED) is 0.580. The van der Waals surface area contributed by atoms with Gasteiger partial charge in [0.25, 0.3) is 5.91 Å². The summed E-state index contributed by atoms with van der Waals surface area (Å²) in [5.41, 5.74) is 7.38. The van der Waals surface area contributed by atoms with Crippen LogP contribution in [0.3, 0.4) is 0 Å². The molecule has 0 aromatic heterocycles. The number of nitrogens with one attached hydrogen (secondary N) is 2. The fraction of sp³-hybridized carbons (Fsp3) is 0.286. The molecule has 0 spiro atoms. The van der Waals surface area contributed by atoms with E-state index in [2.05, 4.69) is 10.9 Å². The van der Waals surface area contributed by atoms with Gasteiger partial charge in [0.05, 0.1) is 5.75 Å². The molecule has 1 fully saturated rings. The molecule has 7 heteroatoms. The predicted molar refractivity (Wildman–Crippen MR) is 109 cm³/mol. The Hall–Kier alpha value is -2.80. The van der Waals surface area contributed by atoms with Crippen molar-refractivity contribution >= 4 is 29.5 Å². The lowest BCUT2D eigenvalue weighted by Gasteiger charge is -2.16. The number of likely N-dealkylation sites (tertiary alicyclic amines) is 1. The van der Waals surface area contributed by atoms with Gasteiger partial charge in [0.1, 0.15) is 0 Å². The first-order chi connectivity index (χ1) is 13.5. The Kier molecular flexibility index (Phi) is 6.71. The lowest BCUT2D eigenvalue weighted by atomic mass is 10.1. The lowest BCUT2D eigenvalue weighted by molar-refractivity contribution is -0.128. The van der Waals surface area contributed by atoms with E-state index in [0.29, 0.717) is 18.5 Å². The maximum atomic E-state index is 12.3. The van der Waals surface area contributed by atoms with E-state index < -0.39 is 0 Å². The molecule has 0 aliphatic carbocycles. The first kappa shape index (κ1) is 19.9. The number of thioether (sulfide) groups is 1. The molecule has 2 N–H and O–H groups in total. The Labute approximate surface area is 168 Å². The van der Waals surface area contributed by atoms with Crippen LogP contribution in [0.5, 0.6) is 0 Å². The molecule has 0 bridgehead atoms. The molecule has 0 saturated carbocycles. The van der Waals surface area contributed by atoms with Crippen LogP contribution in [0.1, 0.15) is 34.3 Å². The van der Waals surface area contributed by atoms with E-state index in [-0.39, 0.29) is 23.5 Å². The summed E-state index contributed by atoms with van der Waals surface area (Å²) in [5.74, 6) is -0.310. The van der Waals surface area contributed by atoms with Crippen LogP contribution >= 0.6 is 11.8 Å². The number of hydrogen-bond donors (Lipinski definition) is 2. The first-order valence-corrected chi connectivity index (χ1v) is 10.2. The molecule has 28 heavy (non-hydrogen) atoms. The van der Waals surface area contributed by atoms with Crippen LogP contribution in [0.2, 0.25) is 0 Å². The molecule has 2 aromatic carbocycles. The molecule has 2 aromatic rings. The fourth-order valence-corrected chi connectivity index (χ4v) is 3.62. The Morgan fingerprint density at radius 1 is 1.11 bits per heavy atom. The third kappa shape index (κ3) is 5.60. The van der Waals surface area contributed by atoms with Crippen molar-refractivity contribution in [3.05, 3.63) is 65.2 Å². The summed E-state index contributed by atoms with van der Waals surface area (Å²) in [6.07, 6.45) is 1.47. The summed E-state index contributed by atoms with van der Waals surface area (Å²) >= 11 is 1.40. The lowest BCUT2D eigenvalue weighted by Crippen LogP contribution is -2.42. The van der Waals surface area contributed by atoms with Crippen LogP contribution in [-0.2, 0) is 16.1 Å². The molecule has 1 heterocycles. The van der Waals surface area contributed by atoms with Crippen molar-refractivity contribution in [2.45, 2.75) is 31.2 Å². The number of benzene rings is 2.